The van der Waals surface area contributed by atoms with Gasteiger partial charge in [-0.2, -0.15) is 0 Å². The fourth-order valence-electron chi connectivity index (χ4n) is 8.52. The van der Waals surface area contributed by atoms with E-state index in [9.17, 15) is 14.7 Å². The number of nitrogens with zero attached hydrogens (tertiary/aromatic N) is 1. The quantitative estimate of drug-likeness (QED) is 0.0486. The molecule has 0 saturated carbocycles. The molecule has 0 amide bonds. The summed E-state index contributed by atoms with van der Waals surface area (Å²) in [5.74, 6) is 0.0432. The summed E-state index contributed by atoms with van der Waals surface area (Å²) in [6, 6.07) is 0. The van der Waals surface area contributed by atoms with E-state index in [0.717, 1.165) is 77.4 Å². The Morgan fingerprint density at radius 2 is 0.610 bits per heavy atom. The van der Waals surface area contributed by atoms with Gasteiger partial charge in [-0.05, 0) is 96.6 Å². The number of unbranched alkanes of at least 4 members (excludes halogenated alkanes) is 28. The highest BCUT2D eigenvalue weighted by atomic mass is 16.5. The van der Waals surface area contributed by atoms with E-state index in [1.807, 2.05) is 0 Å². The van der Waals surface area contributed by atoms with Gasteiger partial charge in [0.1, 0.15) is 12.2 Å². The molecule has 0 unspecified atom stereocenters. The summed E-state index contributed by atoms with van der Waals surface area (Å²) in [7, 11) is 0. The minimum Gasteiger partial charge on any atom is -0.462 e. The summed E-state index contributed by atoms with van der Waals surface area (Å²) < 4.78 is 12.1. The maximum absolute atomic E-state index is 12.8. The van der Waals surface area contributed by atoms with Gasteiger partial charge in [-0.25, -0.2) is 0 Å². The molecule has 0 rings (SSSR count). The molecule has 0 fully saturated rings. The Balaban J connectivity index is 4.29. The molecule has 0 bridgehead atoms. The second-order valence-electron chi connectivity index (χ2n) is 18.4. The standard InChI is InChI=1S/C53H105NO5/c1-5-9-13-17-23-31-40-50(41-32-24-18-14-10-6-2)58-52(56)44-35-27-21-29-37-46-54(48-39-49-55)47-38-30-22-28-36-45-53(57)59-51(42-33-25-19-15-11-7-3)43-34-26-20-16-12-8-4/h50-51,55H,5-49H2,1-4H3. The first kappa shape index (κ1) is 57.9. The number of rotatable bonds is 49. The molecule has 0 heterocycles. The van der Waals surface area contributed by atoms with Gasteiger partial charge in [0.2, 0.25) is 0 Å². The first-order chi connectivity index (χ1) is 29.0. The number of carbonyl (C=O) groups is 2. The van der Waals surface area contributed by atoms with E-state index < -0.39 is 0 Å². The molecule has 0 aliphatic rings. The van der Waals surface area contributed by atoms with Crippen LogP contribution in [0.2, 0.25) is 0 Å². The summed E-state index contributed by atoms with van der Waals surface area (Å²) in [6.45, 7) is 12.5. The van der Waals surface area contributed by atoms with E-state index in [0.29, 0.717) is 12.8 Å². The van der Waals surface area contributed by atoms with Crippen molar-refractivity contribution in [3.63, 3.8) is 0 Å². The molecule has 0 saturated heterocycles. The van der Waals surface area contributed by atoms with Crippen LogP contribution >= 0.6 is 0 Å². The molecule has 1 N–H and O–H groups in total. The van der Waals surface area contributed by atoms with Crippen molar-refractivity contribution >= 4 is 11.9 Å². The van der Waals surface area contributed by atoms with Gasteiger partial charge in [0.15, 0.2) is 0 Å². The van der Waals surface area contributed by atoms with E-state index in [-0.39, 0.29) is 30.8 Å². The molecule has 0 radical (unpaired) electrons. The molecule has 59 heavy (non-hydrogen) atoms. The van der Waals surface area contributed by atoms with Gasteiger partial charge < -0.3 is 19.5 Å². The molecule has 352 valence electrons. The van der Waals surface area contributed by atoms with Crippen LogP contribution in [0.3, 0.4) is 0 Å². The van der Waals surface area contributed by atoms with Crippen molar-refractivity contribution < 1.29 is 24.2 Å². The third kappa shape index (κ3) is 43.3. The molecule has 0 spiro atoms. The third-order valence-corrected chi connectivity index (χ3v) is 12.5. The number of hydrogen-bond donors (Lipinski definition) is 1. The first-order valence-electron chi connectivity index (χ1n) is 26.7. The van der Waals surface area contributed by atoms with E-state index in [4.69, 9.17) is 9.47 Å². The number of carbonyl (C=O) groups excluding carboxylic acids is 2. The van der Waals surface area contributed by atoms with Crippen LogP contribution in [0.1, 0.15) is 291 Å². The van der Waals surface area contributed by atoms with Crippen LogP contribution < -0.4 is 0 Å². The molecule has 0 atom stereocenters. The van der Waals surface area contributed by atoms with Crippen LogP contribution in [0, 0.1) is 0 Å². The number of aliphatic hydroxyl groups is 1. The summed E-state index contributed by atoms with van der Waals surface area (Å²) in [4.78, 5) is 28.1. The summed E-state index contributed by atoms with van der Waals surface area (Å²) in [5.41, 5.74) is 0. The monoisotopic (exact) mass is 836 g/mol. The van der Waals surface area contributed by atoms with E-state index in [1.165, 1.54) is 193 Å². The zero-order chi connectivity index (χ0) is 43.1. The molecule has 0 aromatic carbocycles. The van der Waals surface area contributed by atoms with Crippen molar-refractivity contribution in [2.24, 2.45) is 0 Å². The van der Waals surface area contributed by atoms with E-state index >= 15 is 0 Å². The van der Waals surface area contributed by atoms with Crippen molar-refractivity contribution in [2.75, 3.05) is 26.2 Å². The minimum absolute atomic E-state index is 0.0216. The minimum atomic E-state index is 0.0216. The first-order valence-corrected chi connectivity index (χ1v) is 26.7. The lowest BCUT2D eigenvalue weighted by Gasteiger charge is -2.22. The molecule has 0 aliphatic heterocycles. The molecule has 0 aromatic heterocycles. The van der Waals surface area contributed by atoms with Crippen molar-refractivity contribution in [2.45, 2.75) is 303 Å². The predicted molar refractivity (Wildman–Crippen MR) is 255 cm³/mol. The average Bonchev–Trinajstić information content (AvgIpc) is 3.23. The molecule has 0 aliphatic carbocycles. The van der Waals surface area contributed by atoms with E-state index in [2.05, 4.69) is 32.6 Å². The van der Waals surface area contributed by atoms with Gasteiger partial charge in [-0.1, -0.05) is 195 Å². The number of hydrogen-bond acceptors (Lipinski definition) is 6. The van der Waals surface area contributed by atoms with Crippen molar-refractivity contribution in [1.82, 2.24) is 4.90 Å². The highest BCUT2D eigenvalue weighted by Gasteiger charge is 2.16. The lowest BCUT2D eigenvalue weighted by molar-refractivity contribution is -0.151. The highest BCUT2D eigenvalue weighted by molar-refractivity contribution is 5.69. The number of esters is 2. The van der Waals surface area contributed by atoms with Crippen molar-refractivity contribution in [1.29, 1.82) is 0 Å². The SMILES string of the molecule is CCCCCCCCC(CCCCCCCC)OC(=O)CCCCCCCN(CCCO)CCCCCCCC(=O)OC(CCCCCCCC)CCCCCCCC. The summed E-state index contributed by atoms with van der Waals surface area (Å²) >= 11 is 0. The highest BCUT2D eigenvalue weighted by Crippen LogP contribution is 2.20. The van der Waals surface area contributed by atoms with E-state index in [1.54, 1.807) is 0 Å². The fraction of sp³-hybridized carbons (Fsp3) is 0.962. The largest absolute Gasteiger partial charge is 0.462 e. The Labute approximate surface area is 369 Å². The lowest BCUT2D eigenvalue weighted by atomic mass is 10.0. The van der Waals surface area contributed by atoms with Crippen molar-refractivity contribution in [3.05, 3.63) is 0 Å². The Bertz CT molecular complexity index is 756. The normalized spacial score (nSPS) is 11.7. The van der Waals surface area contributed by atoms with Crippen LogP contribution in [0.5, 0.6) is 0 Å². The third-order valence-electron chi connectivity index (χ3n) is 12.5. The molecule has 0 aromatic rings. The fourth-order valence-corrected chi connectivity index (χ4v) is 8.52. The van der Waals surface area contributed by atoms with Gasteiger partial charge in [-0.3, -0.25) is 9.59 Å². The molecule has 6 nitrogen and oxygen atoms in total. The van der Waals surface area contributed by atoms with Crippen LogP contribution in [0.4, 0.5) is 0 Å². The van der Waals surface area contributed by atoms with Crippen LogP contribution in [0.15, 0.2) is 0 Å². The van der Waals surface area contributed by atoms with Gasteiger partial charge >= 0.3 is 11.9 Å². The Morgan fingerprint density at radius 1 is 0.356 bits per heavy atom. The topological polar surface area (TPSA) is 76.1 Å². The van der Waals surface area contributed by atoms with Gasteiger partial charge in [0.05, 0.1) is 0 Å². The summed E-state index contributed by atoms with van der Waals surface area (Å²) in [6.07, 6.45) is 48.3. The maximum atomic E-state index is 12.8. The lowest BCUT2D eigenvalue weighted by Crippen LogP contribution is -2.27. The molecular formula is C53H105NO5. The number of aliphatic hydroxyl groups excluding tert-OH is 1. The average molecular weight is 836 g/mol. The number of ether oxygens (including phenoxy) is 2. The van der Waals surface area contributed by atoms with Crippen LogP contribution in [-0.4, -0.2) is 60.4 Å². The zero-order valence-electron chi connectivity index (χ0n) is 40.5. The smallest absolute Gasteiger partial charge is 0.306 e. The van der Waals surface area contributed by atoms with Crippen LogP contribution in [-0.2, 0) is 19.1 Å². The van der Waals surface area contributed by atoms with Crippen molar-refractivity contribution in [3.8, 4) is 0 Å². The summed E-state index contributed by atoms with van der Waals surface area (Å²) in [5, 5.41) is 9.48. The Morgan fingerprint density at radius 3 is 0.915 bits per heavy atom. The van der Waals surface area contributed by atoms with Gasteiger partial charge in [0.25, 0.3) is 0 Å². The maximum Gasteiger partial charge on any atom is 0.306 e. The molecular weight excluding hydrogens is 731 g/mol. The zero-order valence-corrected chi connectivity index (χ0v) is 40.5. The van der Waals surface area contributed by atoms with Gasteiger partial charge in [0, 0.05) is 26.0 Å². The molecule has 6 heteroatoms. The second kappa shape index (κ2) is 47.9. The Kier molecular flexibility index (Phi) is 47.0. The Hall–Kier alpha value is -1.14. The van der Waals surface area contributed by atoms with Crippen LogP contribution in [0.25, 0.3) is 0 Å². The second-order valence-corrected chi connectivity index (χ2v) is 18.4. The predicted octanol–water partition coefficient (Wildman–Crippen LogP) is 16.2. The van der Waals surface area contributed by atoms with Gasteiger partial charge in [-0.15, -0.1) is 0 Å².